The van der Waals surface area contributed by atoms with Crippen molar-refractivity contribution in [2.45, 2.75) is 24.8 Å². The molecule has 1 unspecified atom stereocenters. The van der Waals surface area contributed by atoms with Crippen LogP contribution in [0.3, 0.4) is 0 Å². The lowest BCUT2D eigenvalue weighted by Crippen LogP contribution is -2.45. The molecule has 0 bridgehead atoms. The molecule has 4 heteroatoms. The standard InChI is InChI=1S/C13H20N2OS/c1-10(2)12(13(14)16)15-8-9-17-11-6-4-3-5-7-11/h3-7,10,12,15H,8-9H2,1-2H3,(H2,14,16). The van der Waals surface area contributed by atoms with Crippen molar-refractivity contribution in [1.29, 1.82) is 0 Å². The number of carbonyl (C=O) groups is 1. The van der Waals surface area contributed by atoms with Gasteiger partial charge in [-0.05, 0) is 18.1 Å². The van der Waals surface area contributed by atoms with Gasteiger partial charge in [0.05, 0.1) is 6.04 Å². The van der Waals surface area contributed by atoms with E-state index in [1.165, 1.54) is 4.90 Å². The van der Waals surface area contributed by atoms with E-state index in [1.807, 2.05) is 32.0 Å². The summed E-state index contributed by atoms with van der Waals surface area (Å²) in [6, 6.07) is 9.99. The van der Waals surface area contributed by atoms with Crippen LogP contribution in [0, 0.1) is 5.92 Å². The minimum absolute atomic E-state index is 0.230. The first kappa shape index (κ1) is 14.1. The fourth-order valence-electron chi connectivity index (χ4n) is 1.56. The summed E-state index contributed by atoms with van der Waals surface area (Å²) in [7, 11) is 0. The van der Waals surface area contributed by atoms with E-state index in [4.69, 9.17) is 5.73 Å². The van der Waals surface area contributed by atoms with E-state index >= 15 is 0 Å². The van der Waals surface area contributed by atoms with Gasteiger partial charge in [0.25, 0.3) is 0 Å². The molecule has 94 valence electrons. The fraction of sp³-hybridized carbons (Fsp3) is 0.462. The van der Waals surface area contributed by atoms with Gasteiger partial charge < -0.3 is 11.1 Å². The average Bonchev–Trinajstić information content (AvgIpc) is 2.29. The Bertz CT molecular complexity index is 341. The third kappa shape index (κ3) is 5.24. The maximum Gasteiger partial charge on any atom is 0.234 e. The zero-order valence-corrected chi connectivity index (χ0v) is 11.2. The molecule has 0 radical (unpaired) electrons. The number of carbonyl (C=O) groups excluding carboxylic acids is 1. The molecule has 0 aliphatic heterocycles. The first-order chi connectivity index (χ1) is 8.11. The molecule has 0 spiro atoms. The molecule has 0 aliphatic rings. The third-order valence-corrected chi connectivity index (χ3v) is 3.47. The largest absolute Gasteiger partial charge is 0.368 e. The summed E-state index contributed by atoms with van der Waals surface area (Å²) in [5.41, 5.74) is 5.32. The average molecular weight is 252 g/mol. The van der Waals surface area contributed by atoms with Crippen molar-refractivity contribution in [2.75, 3.05) is 12.3 Å². The summed E-state index contributed by atoms with van der Waals surface area (Å²) in [4.78, 5) is 12.4. The van der Waals surface area contributed by atoms with Gasteiger partial charge in [-0.3, -0.25) is 4.79 Å². The number of rotatable bonds is 7. The normalized spacial score (nSPS) is 12.6. The minimum Gasteiger partial charge on any atom is -0.368 e. The second kappa shape index (κ2) is 7.35. The first-order valence-electron chi connectivity index (χ1n) is 5.82. The molecular formula is C13H20N2OS. The highest BCUT2D eigenvalue weighted by molar-refractivity contribution is 7.99. The molecule has 0 saturated carbocycles. The highest BCUT2D eigenvalue weighted by atomic mass is 32.2. The molecule has 0 saturated heterocycles. The number of benzene rings is 1. The summed E-state index contributed by atoms with van der Waals surface area (Å²) in [6.45, 7) is 4.77. The van der Waals surface area contributed by atoms with Gasteiger partial charge in [0.2, 0.25) is 5.91 Å². The third-order valence-electron chi connectivity index (χ3n) is 2.45. The molecule has 0 aliphatic carbocycles. The van der Waals surface area contributed by atoms with Crippen LogP contribution in [0.15, 0.2) is 35.2 Å². The van der Waals surface area contributed by atoms with Crippen LogP contribution in [0.1, 0.15) is 13.8 Å². The molecule has 0 aromatic heterocycles. The summed E-state index contributed by atoms with van der Waals surface area (Å²) in [5, 5.41) is 3.19. The van der Waals surface area contributed by atoms with Crippen LogP contribution in [-0.4, -0.2) is 24.2 Å². The van der Waals surface area contributed by atoms with Gasteiger partial charge in [-0.1, -0.05) is 32.0 Å². The van der Waals surface area contributed by atoms with Crippen molar-refractivity contribution < 1.29 is 4.79 Å². The Hall–Kier alpha value is -1.00. The molecule has 1 amide bonds. The molecule has 1 atom stereocenters. The Morgan fingerprint density at radius 3 is 2.53 bits per heavy atom. The van der Waals surface area contributed by atoms with Crippen LogP contribution < -0.4 is 11.1 Å². The number of hydrogen-bond donors (Lipinski definition) is 2. The molecule has 0 heterocycles. The van der Waals surface area contributed by atoms with Crippen molar-refractivity contribution in [3.05, 3.63) is 30.3 Å². The van der Waals surface area contributed by atoms with Gasteiger partial charge in [-0.25, -0.2) is 0 Å². The molecule has 1 rings (SSSR count). The fourth-order valence-corrected chi connectivity index (χ4v) is 2.37. The predicted octanol–water partition coefficient (Wildman–Crippen LogP) is 1.88. The van der Waals surface area contributed by atoms with Gasteiger partial charge in [-0.2, -0.15) is 0 Å². The van der Waals surface area contributed by atoms with E-state index in [0.717, 1.165) is 12.3 Å². The van der Waals surface area contributed by atoms with E-state index in [0.29, 0.717) is 0 Å². The summed E-state index contributed by atoms with van der Waals surface area (Å²) >= 11 is 1.77. The number of nitrogens with two attached hydrogens (primary N) is 1. The lowest BCUT2D eigenvalue weighted by molar-refractivity contribution is -0.120. The topological polar surface area (TPSA) is 55.1 Å². The Morgan fingerprint density at radius 2 is 2.00 bits per heavy atom. The molecule has 1 aromatic carbocycles. The molecule has 1 aromatic rings. The number of amides is 1. The summed E-state index contributed by atoms with van der Waals surface area (Å²) in [5.74, 6) is 0.888. The maximum absolute atomic E-state index is 11.2. The quantitative estimate of drug-likeness (QED) is 0.575. The number of nitrogens with one attached hydrogen (secondary N) is 1. The Labute approximate surface area is 107 Å². The molecule has 0 fully saturated rings. The Morgan fingerprint density at radius 1 is 1.35 bits per heavy atom. The minimum atomic E-state index is -0.273. The smallest absolute Gasteiger partial charge is 0.234 e. The van der Waals surface area contributed by atoms with Crippen molar-refractivity contribution in [3.63, 3.8) is 0 Å². The van der Waals surface area contributed by atoms with Gasteiger partial charge in [0.15, 0.2) is 0 Å². The van der Waals surface area contributed by atoms with E-state index < -0.39 is 0 Å². The molecule has 3 nitrogen and oxygen atoms in total. The Kier molecular flexibility index (Phi) is 6.08. The summed E-state index contributed by atoms with van der Waals surface area (Å²) in [6.07, 6.45) is 0. The highest BCUT2D eigenvalue weighted by Crippen LogP contribution is 2.15. The van der Waals surface area contributed by atoms with Gasteiger partial charge >= 0.3 is 0 Å². The van der Waals surface area contributed by atoms with E-state index in [-0.39, 0.29) is 17.9 Å². The van der Waals surface area contributed by atoms with Crippen LogP contribution in [-0.2, 0) is 4.79 Å². The van der Waals surface area contributed by atoms with E-state index in [2.05, 4.69) is 17.4 Å². The molecular weight excluding hydrogens is 232 g/mol. The maximum atomic E-state index is 11.2. The molecule has 17 heavy (non-hydrogen) atoms. The van der Waals surface area contributed by atoms with Crippen molar-refractivity contribution in [1.82, 2.24) is 5.32 Å². The Balaban J connectivity index is 2.26. The number of thioether (sulfide) groups is 1. The second-order valence-electron chi connectivity index (χ2n) is 4.24. The van der Waals surface area contributed by atoms with Crippen LogP contribution >= 0.6 is 11.8 Å². The number of hydrogen-bond acceptors (Lipinski definition) is 3. The lowest BCUT2D eigenvalue weighted by Gasteiger charge is -2.18. The first-order valence-corrected chi connectivity index (χ1v) is 6.80. The highest BCUT2D eigenvalue weighted by Gasteiger charge is 2.17. The van der Waals surface area contributed by atoms with Crippen LogP contribution in [0.2, 0.25) is 0 Å². The van der Waals surface area contributed by atoms with Crippen LogP contribution in [0.5, 0.6) is 0 Å². The van der Waals surface area contributed by atoms with Gasteiger partial charge in [0, 0.05) is 17.2 Å². The second-order valence-corrected chi connectivity index (χ2v) is 5.41. The lowest BCUT2D eigenvalue weighted by atomic mass is 10.0. The van der Waals surface area contributed by atoms with Crippen LogP contribution in [0.25, 0.3) is 0 Å². The van der Waals surface area contributed by atoms with Crippen LogP contribution in [0.4, 0.5) is 0 Å². The number of primary amides is 1. The van der Waals surface area contributed by atoms with Crippen molar-refractivity contribution in [3.8, 4) is 0 Å². The van der Waals surface area contributed by atoms with E-state index in [1.54, 1.807) is 11.8 Å². The van der Waals surface area contributed by atoms with Gasteiger partial charge in [-0.15, -0.1) is 11.8 Å². The predicted molar refractivity (Wildman–Crippen MR) is 73.0 cm³/mol. The monoisotopic (exact) mass is 252 g/mol. The van der Waals surface area contributed by atoms with Crippen molar-refractivity contribution in [2.24, 2.45) is 11.7 Å². The zero-order chi connectivity index (χ0) is 12.7. The summed E-state index contributed by atoms with van der Waals surface area (Å²) < 4.78 is 0. The van der Waals surface area contributed by atoms with E-state index in [9.17, 15) is 4.79 Å². The zero-order valence-electron chi connectivity index (χ0n) is 10.3. The van der Waals surface area contributed by atoms with Gasteiger partial charge in [0.1, 0.15) is 0 Å². The van der Waals surface area contributed by atoms with Crippen molar-refractivity contribution >= 4 is 17.7 Å². The SMILES string of the molecule is CC(C)C(NCCSc1ccccc1)C(N)=O. The molecule has 3 N–H and O–H groups in total.